The molecule has 0 aliphatic rings. The van der Waals surface area contributed by atoms with Gasteiger partial charge in [0.1, 0.15) is 11.4 Å². The zero-order valence-corrected chi connectivity index (χ0v) is 19.9. The smallest absolute Gasteiger partial charge is 0.294 e. The third-order valence-electron chi connectivity index (χ3n) is 5.61. The SMILES string of the molecule is COc1ccc(/C(O)=C(/c2c([N+](=O)[O-])cc([N+](=O)[O-])cc2[N+](=O)[O-])n2c[n+](-c3ccc(C)cc3)cn2)cc1. The molecule has 14 nitrogen and oxygen atoms in total. The number of ether oxygens (including phenoxy) is 1. The van der Waals surface area contributed by atoms with Crippen LogP contribution < -0.4 is 9.30 Å². The van der Waals surface area contributed by atoms with Gasteiger partial charge in [0, 0.05) is 10.7 Å². The van der Waals surface area contributed by atoms with Crippen molar-refractivity contribution in [2.75, 3.05) is 7.11 Å². The number of nitro groups is 3. The molecule has 4 aromatic rings. The Bertz CT molecular complexity index is 1560. The van der Waals surface area contributed by atoms with Crippen LogP contribution in [0, 0.1) is 37.3 Å². The van der Waals surface area contributed by atoms with E-state index in [2.05, 4.69) is 5.10 Å². The van der Waals surface area contributed by atoms with Gasteiger partial charge in [0.25, 0.3) is 23.4 Å². The van der Waals surface area contributed by atoms with Gasteiger partial charge in [-0.15, -0.1) is 0 Å². The molecule has 38 heavy (non-hydrogen) atoms. The molecule has 1 heterocycles. The fourth-order valence-corrected chi connectivity index (χ4v) is 3.71. The van der Waals surface area contributed by atoms with E-state index in [9.17, 15) is 35.4 Å². The summed E-state index contributed by atoms with van der Waals surface area (Å²) < 4.78 is 7.67. The Labute approximate surface area is 213 Å². The second-order valence-electron chi connectivity index (χ2n) is 7.99. The standard InChI is InChI=1S/C24H18N6O8/c1-15-3-7-17(8-4-15)26-13-25-27(14-26)23(24(31)16-5-9-19(38-2)10-6-16)22-20(29(34)35)11-18(28(32)33)12-21(22)30(36)37/h3-14H,1-2H3/p+1/b24-23+. The van der Waals surface area contributed by atoms with Crippen LogP contribution in [0.4, 0.5) is 17.1 Å². The largest absolute Gasteiger partial charge is 0.504 e. The first-order chi connectivity index (χ1) is 18.1. The number of hydrogen-bond acceptors (Lipinski definition) is 9. The Balaban J connectivity index is 2.06. The maximum atomic E-state index is 12.0. The lowest BCUT2D eigenvalue weighted by atomic mass is 10.0. The lowest BCUT2D eigenvalue weighted by Crippen LogP contribution is -2.27. The van der Waals surface area contributed by atoms with Crippen molar-refractivity contribution in [3.8, 4) is 11.4 Å². The summed E-state index contributed by atoms with van der Waals surface area (Å²) in [5, 5.41) is 50.9. The summed E-state index contributed by atoms with van der Waals surface area (Å²) in [6.45, 7) is 1.90. The maximum Gasteiger partial charge on any atom is 0.294 e. The van der Waals surface area contributed by atoms with E-state index in [4.69, 9.17) is 4.74 Å². The number of aliphatic hydroxyl groups is 1. The second-order valence-corrected chi connectivity index (χ2v) is 7.99. The first-order valence-electron chi connectivity index (χ1n) is 10.8. The van der Waals surface area contributed by atoms with E-state index < -0.39 is 48.9 Å². The molecule has 4 rings (SSSR count). The van der Waals surface area contributed by atoms with E-state index in [1.165, 1.54) is 48.6 Å². The highest BCUT2D eigenvalue weighted by Gasteiger charge is 2.38. The molecule has 0 saturated heterocycles. The van der Waals surface area contributed by atoms with Crippen molar-refractivity contribution in [2.24, 2.45) is 0 Å². The minimum absolute atomic E-state index is 0.125. The van der Waals surface area contributed by atoms with E-state index in [1.807, 2.05) is 19.1 Å². The predicted octanol–water partition coefficient (Wildman–Crippen LogP) is 4.13. The first-order valence-corrected chi connectivity index (χ1v) is 10.8. The molecular weight excluding hydrogens is 500 g/mol. The van der Waals surface area contributed by atoms with Gasteiger partial charge in [-0.2, -0.15) is 0 Å². The molecule has 0 unspecified atom stereocenters. The van der Waals surface area contributed by atoms with E-state index in [-0.39, 0.29) is 5.56 Å². The topological polar surface area (TPSA) is 181 Å². The number of rotatable bonds is 8. The van der Waals surface area contributed by atoms with Crippen molar-refractivity contribution < 1.29 is 29.2 Å². The summed E-state index contributed by atoms with van der Waals surface area (Å²) in [6, 6.07) is 14.4. The zero-order chi connectivity index (χ0) is 27.6. The van der Waals surface area contributed by atoms with Crippen LogP contribution >= 0.6 is 0 Å². The van der Waals surface area contributed by atoms with Gasteiger partial charge < -0.3 is 9.84 Å². The summed E-state index contributed by atoms with van der Waals surface area (Å²) in [4.78, 5) is 32.4. The number of hydrogen-bond donors (Lipinski definition) is 1. The van der Waals surface area contributed by atoms with Crippen LogP contribution in [0.3, 0.4) is 0 Å². The molecule has 1 N–H and O–H groups in total. The lowest BCUT2D eigenvalue weighted by molar-refractivity contribution is -0.596. The number of aryl methyl sites for hydroxylation is 1. The predicted molar refractivity (Wildman–Crippen MR) is 133 cm³/mol. The fourth-order valence-electron chi connectivity index (χ4n) is 3.71. The average Bonchev–Trinajstić information content (AvgIpc) is 3.38. The second kappa shape index (κ2) is 10.1. The Morgan fingerprint density at radius 3 is 2.00 bits per heavy atom. The lowest BCUT2D eigenvalue weighted by Gasteiger charge is -2.09. The molecule has 0 saturated carbocycles. The van der Waals surface area contributed by atoms with Crippen LogP contribution in [0.25, 0.3) is 17.1 Å². The quantitative estimate of drug-likeness (QED) is 0.118. The van der Waals surface area contributed by atoms with Crippen LogP contribution in [0.5, 0.6) is 5.75 Å². The zero-order valence-electron chi connectivity index (χ0n) is 19.9. The highest BCUT2D eigenvalue weighted by molar-refractivity contribution is 5.93. The number of non-ortho nitro benzene ring substituents is 1. The van der Waals surface area contributed by atoms with Crippen LogP contribution in [0.1, 0.15) is 16.7 Å². The van der Waals surface area contributed by atoms with Crippen molar-refractivity contribution in [3.05, 3.63) is 120 Å². The minimum atomic E-state index is -0.992. The molecular formula is C24H19N6O8+. The fraction of sp³-hybridized carbons (Fsp3) is 0.0833. The molecule has 0 bridgehead atoms. The first kappa shape index (κ1) is 25.4. The number of aromatic nitrogens is 3. The monoisotopic (exact) mass is 519 g/mol. The van der Waals surface area contributed by atoms with E-state index >= 15 is 0 Å². The summed E-state index contributed by atoms with van der Waals surface area (Å²) in [5.41, 5.74) is -2.11. The van der Waals surface area contributed by atoms with Gasteiger partial charge >= 0.3 is 0 Å². The van der Waals surface area contributed by atoms with Crippen LogP contribution in [0.2, 0.25) is 0 Å². The van der Waals surface area contributed by atoms with Crippen molar-refractivity contribution in [1.29, 1.82) is 0 Å². The van der Waals surface area contributed by atoms with E-state index in [1.54, 1.807) is 12.1 Å². The number of nitrogens with zero attached hydrogens (tertiary/aromatic N) is 6. The van der Waals surface area contributed by atoms with Gasteiger partial charge in [-0.05, 0) is 43.3 Å². The summed E-state index contributed by atoms with van der Waals surface area (Å²) in [6.07, 6.45) is 2.70. The molecule has 0 atom stereocenters. The van der Waals surface area contributed by atoms with E-state index in [0.29, 0.717) is 23.6 Å². The Morgan fingerprint density at radius 1 is 0.921 bits per heavy atom. The summed E-state index contributed by atoms with van der Waals surface area (Å²) in [5.74, 6) is -0.154. The molecule has 0 radical (unpaired) electrons. The van der Waals surface area contributed by atoms with Crippen molar-refractivity contribution in [3.63, 3.8) is 0 Å². The van der Waals surface area contributed by atoms with Gasteiger partial charge in [-0.1, -0.05) is 22.4 Å². The molecule has 192 valence electrons. The highest BCUT2D eigenvalue weighted by atomic mass is 16.6. The van der Waals surface area contributed by atoms with Gasteiger partial charge in [0.05, 0.1) is 34.0 Å². The number of benzene rings is 3. The third-order valence-corrected chi connectivity index (χ3v) is 5.61. The summed E-state index contributed by atoms with van der Waals surface area (Å²) in [7, 11) is 1.44. The molecule has 14 heteroatoms. The normalized spacial score (nSPS) is 11.5. The minimum Gasteiger partial charge on any atom is -0.504 e. The average molecular weight is 519 g/mol. The van der Waals surface area contributed by atoms with Gasteiger partial charge in [0.15, 0.2) is 11.3 Å². The Kier molecular flexibility index (Phi) is 6.79. The molecule has 0 fully saturated rings. The van der Waals surface area contributed by atoms with Crippen LogP contribution in [-0.4, -0.2) is 36.8 Å². The Morgan fingerprint density at radius 2 is 1.50 bits per heavy atom. The highest BCUT2D eigenvalue weighted by Crippen LogP contribution is 2.41. The number of nitro benzene ring substituents is 3. The molecule has 0 aliphatic carbocycles. The molecule has 0 aliphatic heterocycles. The van der Waals surface area contributed by atoms with Gasteiger partial charge in [-0.25, -0.2) is 4.57 Å². The Hall–Kier alpha value is -5.66. The molecule has 0 amide bonds. The maximum absolute atomic E-state index is 12.0. The molecule has 1 aromatic heterocycles. The number of methoxy groups -OCH3 is 1. The van der Waals surface area contributed by atoms with Crippen LogP contribution in [0.15, 0.2) is 73.3 Å². The van der Waals surface area contributed by atoms with Crippen molar-refractivity contribution in [2.45, 2.75) is 6.92 Å². The van der Waals surface area contributed by atoms with Gasteiger partial charge in [0.2, 0.25) is 12.0 Å². The van der Waals surface area contributed by atoms with Crippen molar-refractivity contribution >= 4 is 28.5 Å². The molecule has 3 aromatic carbocycles. The van der Waals surface area contributed by atoms with Crippen molar-refractivity contribution in [1.82, 2.24) is 9.78 Å². The van der Waals surface area contributed by atoms with Crippen LogP contribution in [-0.2, 0) is 0 Å². The number of aliphatic hydroxyl groups excluding tert-OH is 1. The summed E-state index contributed by atoms with van der Waals surface area (Å²) >= 11 is 0. The van der Waals surface area contributed by atoms with E-state index in [0.717, 1.165) is 10.2 Å². The van der Waals surface area contributed by atoms with Gasteiger partial charge in [-0.3, -0.25) is 30.3 Å². The molecule has 0 spiro atoms. The third kappa shape index (κ3) is 4.86.